The van der Waals surface area contributed by atoms with Gasteiger partial charge in [-0.1, -0.05) is 23.8 Å². The molecule has 1 saturated heterocycles. The molecule has 1 fully saturated rings. The lowest BCUT2D eigenvalue weighted by Gasteiger charge is -2.25. The number of aryl methyl sites for hydroxylation is 1. The van der Waals surface area contributed by atoms with Crippen molar-refractivity contribution in [2.45, 2.75) is 37.6 Å². The lowest BCUT2D eigenvalue weighted by molar-refractivity contribution is 0.396. The molecule has 1 aromatic carbocycles. The van der Waals surface area contributed by atoms with Crippen molar-refractivity contribution in [1.82, 2.24) is 9.29 Å². The molecule has 1 aromatic heterocycles. The van der Waals surface area contributed by atoms with Crippen LogP contribution in [0.4, 0.5) is 5.82 Å². The third-order valence-corrected chi connectivity index (χ3v) is 6.77. The summed E-state index contributed by atoms with van der Waals surface area (Å²) in [5.41, 5.74) is 2.01. The number of benzene rings is 1. The summed E-state index contributed by atoms with van der Waals surface area (Å²) >= 11 is 0. The lowest BCUT2D eigenvalue weighted by atomic mass is 10.1. The van der Waals surface area contributed by atoms with Crippen LogP contribution in [0.25, 0.3) is 0 Å². The summed E-state index contributed by atoms with van der Waals surface area (Å²) in [6.45, 7) is 5.46. The van der Waals surface area contributed by atoms with E-state index in [0.717, 1.165) is 36.3 Å². The minimum Gasteiger partial charge on any atom is -0.360 e. The fourth-order valence-electron chi connectivity index (χ4n) is 3.19. The SMILES string of the molecule is CCN(C)c1ccc(C2CCCN2S(=O)(=O)c2ccc(C)cc2)cn1. The van der Waals surface area contributed by atoms with Crippen molar-refractivity contribution < 1.29 is 8.42 Å². The first-order valence-corrected chi connectivity index (χ1v) is 10.1. The molecule has 6 heteroatoms. The monoisotopic (exact) mass is 359 g/mol. The molecule has 1 unspecified atom stereocenters. The van der Waals surface area contributed by atoms with E-state index >= 15 is 0 Å². The lowest BCUT2D eigenvalue weighted by Crippen LogP contribution is -2.30. The summed E-state index contributed by atoms with van der Waals surface area (Å²) in [6, 6.07) is 10.9. The first-order chi connectivity index (χ1) is 11.9. The molecule has 1 aliphatic heterocycles. The molecule has 134 valence electrons. The topological polar surface area (TPSA) is 53.5 Å². The van der Waals surface area contributed by atoms with E-state index < -0.39 is 10.0 Å². The summed E-state index contributed by atoms with van der Waals surface area (Å²) in [4.78, 5) is 6.92. The van der Waals surface area contributed by atoms with Gasteiger partial charge in [-0.2, -0.15) is 4.31 Å². The average Bonchev–Trinajstić information content (AvgIpc) is 3.12. The maximum Gasteiger partial charge on any atom is 0.243 e. The first-order valence-electron chi connectivity index (χ1n) is 8.69. The van der Waals surface area contributed by atoms with Crippen molar-refractivity contribution in [2.75, 3.05) is 25.0 Å². The van der Waals surface area contributed by atoms with Gasteiger partial charge in [-0.25, -0.2) is 13.4 Å². The first kappa shape index (κ1) is 17.9. The van der Waals surface area contributed by atoms with E-state index in [0.29, 0.717) is 11.4 Å². The summed E-state index contributed by atoms with van der Waals surface area (Å²) in [6.07, 6.45) is 3.51. The molecule has 0 aliphatic carbocycles. The van der Waals surface area contributed by atoms with Crippen molar-refractivity contribution in [3.8, 4) is 0 Å². The Labute approximate surface area is 150 Å². The van der Waals surface area contributed by atoms with Gasteiger partial charge in [-0.05, 0) is 50.5 Å². The van der Waals surface area contributed by atoms with Crippen LogP contribution in [-0.2, 0) is 10.0 Å². The third-order valence-electron chi connectivity index (χ3n) is 4.85. The van der Waals surface area contributed by atoms with Gasteiger partial charge < -0.3 is 4.90 Å². The molecule has 2 heterocycles. The number of hydrogen-bond acceptors (Lipinski definition) is 4. The fraction of sp³-hybridized carbons (Fsp3) is 0.421. The Morgan fingerprint density at radius 3 is 2.52 bits per heavy atom. The Morgan fingerprint density at radius 1 is 1.20 bits per heavy atom. The minimum absolute atomic E-state index is 0.139. The molecule has 0 N–H and O–H groups in total. The van der Waals surface area contributed by atoms with E-state index in [2.05, 4.69) is 16.8 Å². The van der Waals surface area contributed by atoms with Crippen LogP contribution in [0.5, 0.6) is 0 Å². The van der Waals surface area contributed by atoms with Crippen LogP contribution < -0.4 is 4.90 Å². The zero-order valence-electron chi connectivity index (χ0n) is 15.0. The molecular weight excluding hydrogens is 334 g/mol. The number of sulfonamides is 1. The van der Waals surface area contributed by atoms with Gasteiger partial charge >= 0.3 is 0 Å². The van der Waals surface area contributed by atoms with Crippen molar-refractivity contribution in [3.05, 3.63) is 53.7 Å². The van der Waals surface area contributed by atoms with Gasteiger partial charge in [0, 0.05) is 26.3 Å². The van der Waals surface area contributed by atoms with E-state index in [1.165, 1.54) is 0 Å². The number of hydrogen-bond donors (Lipinski definition) is 0. The molecule has 2 aromatic rings. The second-order valence-corrected chi connectivity index (χ2v) is 8.44. The van der Waals surface area contributed by atoms with Gasteiger partial charge in [-0.15, -0.1) is 0 Å². The predicted molar refractivity (Wildman–Crippen MR) is 100 cm³/mol. The Hall–Kier alpha value is -1.92. The quantitative estimate of drug-likeness (QED) is 0.821. The van der Waals surface area contributed by atoms with Gasteiger partial charge in [0.05, 0.1) is 10.9 Å². The average molecular weight is 359 g/mol. The molecule has 1 atom stereocenters. The van der Waals surface area contributed by atoms with Crippen LogP contribution in [0.2, 0.25) is 0 Å². The Morgan fingerprint density at radius 2 is 1.92 bits per heavy atom. The summed E-state index contributed by atoms with van der Waals surface area (Å²) < 4.78 is 27.7. The maximum absolute atomic E-state index is 13.0. The van der Waals surface area contributed by atoms with Gasteiger partial charge in [0.15, 0.2) is 0 Å². The van der Waals surface area contributed by atoms with Crippen molar-refractivity contribution in [1.29, 1.82) is 0 Å². The van der Waals surface area contributed by atoms with Crippen molar-refractivity contribution in [3.63, 3.8) is 0 Å². The molecule has 3 rings (SSSR count). The molecule has 0 spiro atoms. The molecule has 5 nitrogen and oxygen atoms in total. The molecule has 25 heavy (non-hydrogen) atoms. The predicted octanol–water partition coefficient (Wildman–Crippen LogP) is 3.37. The molecule has 0 radical (unpaired) electrons. The summed E-state index contributed by atoms with van der Waals surface area (Å²) in [5, 5.41) is 0. The highest BCUT2D eigenvalue weighted by molar-refractivity contribution is 7.89. The highest BCUT2D eigenvalue weighted by Crippen LogP contribution is 2.36. The van der Waals surface area contributed by atoms with Crippen LogP contribution in [0, 0.1) is 6.92 Å². The summed E-state index contributed by atoms with van der Waals surface area (Å²) in [5.74, 6) is 0.900. The fourth-order valence-corrected chi connectivity index (χ4v) is 4.87. The second-order valence-electron chi connectivity index (χ2n) is 6.55. The van der Waals surface area contributed by atoms with Crippen LogP contribution in [0.15, 0.2) is 47.5 Å². The van der Waals surface area contributed by atoms with E-state index in [9.17, 15) is 8.42 Å². The van der Waals surface area contributed by atoms with Crippen molar-refractivity contribution in [2.24, 2.45) is 0 Å². The minimum atomic E-state index is -3.49. The summed E-state index contributed by atoms with van der Waals surface area (Å²) in [7, 11) is -1.50. The number of rotatable bonds is 5. The Bertz CT molecular complexity index is 817. The van der Waals surface area contributed by atoms with Crippen LogP contribution in [0.1, 0.15) is 36.9 Å². The Balaban J connectivity index is 1.88. The second kappa shape index (κ2) is 7.14. The molecule has 0 bridgehead atoms. The maximum atomic E-state index is 13.0. The number of aromatic nitrogens is 1. The number of anilines is 1. The van der Waals surface area contributed by atoms with Crippen LogP contribution in [-0.4, -0.2) is 37.8 Å². The largest absolute Gasteiger partial charge is 0.360 e. The van der Waals surface area contributed by atoms with Crippen LogP contribution >= 0.6 is 0 Å². The number of pyridine rings is 1. The standard InChI is InChI=1S/C19H25N3O2S/c1-4-21(3)19-12-9-16(14-20-19)18-6-5-13-22(18)25(23,24)17-10-7-15(2)8-11-17/h7-12,14,18H,4-6,13H2,1-3H3. The van der Waals surface area contributed by atoms with Crippen molar-refractivity contribution >= 4 is 15.8 Å². The van der Waals surface area contributed by atoms with Gasteiger partial charge in [-0.3, -0.25) is 0 Å². The van der Waals surface area contributed by atoms with E-state index in [1.807, 2.05) is 44.4 Å². The molecule has 1 aliphatic rings. The van der Waals surface area contributed by atoms with Gasteiger partial charge in [0.1, 0.15) is 5.82 Å². The Kier molecular flexibility index (Phi) is 5.11. The highest BCUT2D eigenvalue weighted by Gasteiger charge is 2.36. The molecule has 0 amide bonds. The number of nitrogens with zero attached hydrogens (tertiary/aromatic N) is 3. The van der Waals surface area contributed by atoms with E-state index in [1.54, 1.807) is 16.4 Å². The zero-order chi connectivity index (χ0) is 18.0. The van der Waals surface area contributed by atoms with Gasteiger partial charge in [0.2, 0.25) is 10.0 Å². The van der Waals surface area contributed by atoms with Crippen LogP contribution in [0.3, 0.4) is 0 Å². The smallest absolute Gasteiger partial charge is 0.243 e. The van der Waals surface area contributed by atoms with E-state index in [-0.39, 0.29) is 6.04 Å². The zero-order valence-corrected chi connectivity index (χ0v) is 15.8. The highest BCUT2D eigenvalue weighted by atomic mass is 32.2. The third kappa shape index (κ3) is 3.55. The van der Waals surface area contributed by atoms with E-state index in [4.69, 9.17) is 0 Å². The van der Waals surface area contributed by atoms with Gasteiger partial charge in [0.25, 0.3) is 0 Å². The molecular formula is C19H25N3O2S. The molecule has 0 saturated carbocycles. The normalized spacial score (nSPS) is 18.4.